The molecule has 0 saturated carbocycles. The first kappa shape index (κ1) is 4.47. The van der Waals surface area contributed by atoms with Crippen LogP contribution >= 0.6 is 0 Å². The van der Waals surface area contributed by atoms with Crippen LogP contribution in [0.2, 0.25) is 0 Å². The lowest BCUT2D eigenvalue weighted by atomic mass is 10.7. The van der Waals surface area contributed by atoms with E-state index in [2.05, 4.69) is 0 Å². The van der Waals surface area contributed by atoms with Gasteiger partial charge in [0.2, 0.25) is 0 Å². The normalized spacial score (nSPS) is 7.40. The Hall–Kier alpha value is -0.530. The van der Waals surface area contributed by atoms with Crippen LogP contribution in [0.3, 0.4) is 0 Å². The van der Waals surface area contributed by atoms with E-state index in [1.165, 1.54) is 0 Å². The van der Waals surface area contributed by atoms with Crippen molar-refractivity contribution in [2.75, 3.05) is 0 Å². The third kappa shape index (κ3) is 3.47. The Labute approximate surface area is 30.4 Å². The quantitative estimate of drug-likeness (QED) is 0.493. The van der Waals surface area contributed by atoms with Crippen molar-refractivity contribution in [2.24, 2.45) is 0 Å². The molecule has 0 bridgehead atoms. The van der Waals surface area contributed by atoms with Crippen molar-refractivity contribution in [3.05, 3.63) is 0 Å². The molecule has 1 N–H and O–H groups in total. The molecule has 0 aliphatic carbocycles. The molecule has 0 heterocycles. The molecule has 2 nitrogen and oxygen atoms in total. The molecule has 0 fully saturated rings. The Morgan fingerprint density at radius 2 is 2.20 bits per heavy atom. The third-order valence-corrected chi connectivity index (χ3v) is 0.302. The van der Waals surface area contributed by atoms with Gasteiger partial charge in [0, 0.05) is 6.42 Å². The zero-order valence-corrected chi connectivity index (χ0v) is 3.06. The van der Waals surface area contributed by atoms with Crippen molar-refractivity contribution in [1.82, 2.24) is 0 Å². The minimum absolute atomic E-state index is 0.222. The first-order chi connectivity index (χ1) is 2.27. The highest BCUT2D eigenvalue weighted by molar-refractivity contribution is 5.66. The Morgan fingerprint density at radius 1 is 2.00 bits per heavy atom. The first-order valence-corrected chi connectivity index (χ1v) is 1.49. The predicted octanol–water partition coefficient (Wildman–Crippen LogP) is 0.481. The number of carboxylic acids is 1. The van der Waals surface area contributed by atoms with E-state index in [0.29, 0.717) is 0 Å². The summed E-state index contributed by atoms with van der Waals surface area (Å²) < 4.78 is 0. The van der Waals surface area contributed by atoms with Crippen molar-refractivity contribution in [3.63, 3.8) is 0 Å². The van der Waals surface area contributed by atoms with Gasteiger partial charge in [0.1, 0.15) is 0 Å². The fourth-order valence-electron chi connectivity index (χ4n) is 0. The highest BCUT2D eigenvalue weighted by atomic mass is 16.4. The number of aliphatic carboxylic acids is 1. The number of rotatable bonds is 1. The van der Waals surface area contributed by atoms with Gasteiger partial charge >= 0.3 is 5.97 Å². The summed E-state index contributed by atoms with van der Waals surface area (Å²) in [5.74, 6) is -0.745. The van der Waals surface area contributed by atoms with Crippen LogP contribution in [0.15, 0.2) is 0 Å². The molecule has 0 aliphatic heterocycles. The maximum atomic E-state index is 9.37. The van der Waals surface area contributed by atoms with Crippen molar-refractivity contribution in [2.45, 2.75) is 13.3 Å². The molecule has 0 aromatic heterocycles. The summed E-state index contributed by atoms with van der Waals surface area (Å²) in [6.45, 7) is 1.60. The van der Waals surface area contributed by atoms with Crippen LogP contribution < -0.4 is 0 Å². The second-order valence-electron chi connectivity index (χ2n) is 0.747. The Balaban J connectivity index is 2.85. The molecule has 0 aromatic rings. The second kappa shape index (κ2) is 1.76. The summed E-state index contributed by atoms with van der Waals surface area (Å²) in [6.07, 6.45) is 0.222. The number of carboxylic acid groups (broad SMARTS) is 1. The van der Waals surface area contributed by atoms with Gasteiger partial charge in [0.25, 0.3) is 0 Å². The molecule has 0 spiro atoms. The predicted molar refractivity (Wildman–Crippen MR) is 17.9 cm³/mol. The van der Waals surface area contributed by atoms with Crippen molar-refractivity contribution in [1.29, 1.82) is 0 Å². The van der Waals surface area contributed by atoms with Gasteiger partial charge in [-0.2, -0.15) is 0 Å². The average molecular weight is 76.1 g/mol. The summed E-state index contributed by atoms with van der Waals surface area (Å²) in [6, 6.07) is 0. The molecule has 30 valence electrons. The molecular weight excluding hydrogens is 70.0 g/mol. The van der Waals surface area contributed by atoms with E-state index in [-0.39, 0.29) is 6.42 Å². The van der Waals surface area contributed by atoms with Crippen molar-refractivity contribution < 1.29 is 9.90 Å². The molecule has 2 heteroatoms. The monoisotopic (exact) mass is 76.0 g/mol. The molecule has 0 atom stereocenters. The third-order valence-electron chi connectivity index (χ3n) is 0.302. The molecule has 0 amide bonds. The summed E-state index contributed by atoms with van der Waals surface area (Å²) in [5.41, 5.74) is 0. The van der Waals surface area contributed by atoms with E-state index in [9.17, 15) is 4.79 Å². The van der Waals surface area contributed by atoms with Crippen LogP contribution in [0.4, 0.5) is 0 Å². The molecule has 0 radical (unpaired) electrons. The molecule has 0 unspecified atom stereocenters. The summed E-state index contributed by atoms with van der Waals surface area (Å²) in [5, 5.41) is 7.72. The van der Waals surface area contributed by atoms with E-state index < -0.39 is 5.97 Å². The zero-order chi connectivity index (χ0) is 4.28. The smallest absolute Gasteiger partial charge is 0.303 e. The zero-order valence-electron chi connectivity index (χ0n) is 3.06. The van der Waals surface area contributed by atoms with Gasteiger partial charge in [-0.1, -0.05) is 6.92 Å². The fourth-order valence-corrected chi connectivity index (χ4v) is 0. The van der Waals surface area contributed by atoms with Crippen LogP contribution in [0.25, 0.3) is 0 Å². The summed E-state index contributed by atoms with van der Waals surface area (Å²) in [7, 11) is 0. The number of hydrogen-bond donors (Lipinski definition) is 1. The van der Waals surface area contributed by atoms with Gasteiger partial charge in [-0.15, -0.1) is 0 Å². The first-order valence-electron chi connectivity index (χ1n) is 1.49. The molecule has 0 aromatic carbocycles. The van der Waals surface area contributed by atoms with Crippen LogP contribution in [0.5, 0.6) is 0 Å². The van der Waals surface area contributed by atoms with Gasteiger partial charge in [-0.05, 0) is 0 Å². The Bertz CT molecular complexity index is 40.2. The second-order valence-corrected chi connectivity index (χ2v) is 0.747. The molecule has 0 saturated heterocycles. The van der Waals surface area contributed by atoms with Gasteiger partial charge < -0.3 is 5.11 Å². The van der Waals surface area contributed by atoms with Gasteiger partial charge in [0.05, 0.1) is 0 Å². The van der Waals surface area contributed by atoms with Crippen LogP contribution in [-0.4, -0.2) is 11.1 Å². The van der Waals surface area contributed by atoms with E-state index in [1.54, 1.807) is 6.92 Å². The van der Waals surface area contributed by atoms with Gasteiger partial charge in [-0.25, -0.2) is 0 Å². The van der Waals surface area contributed by atoms with Crippen molar-refractivity contribution >= 4 is 5.97 Å². The fraction of sp³-hybridized carbons (Fsp3) is 0.667. The summed E-state index contributed by atoms with van der Waals surface area (Å²) >= 11 is 0. The van der Waals surface area contributed by atoms with E-state index in [4.69, 9.17) is 5.11 Å². The Kier molecular flexibility index (Phi) is 1.57. The summed E-state index contributed by atoms with van der Waals surface area (Å²) in [4.78, 5) is 9.37. The average Bonchev–Trinajstić information content (AvgIpc) is 1.38. The van der Waals surface area contributed by atoms with Gasteiger partial charge in [0.15, 0.2) is 0 Å². The van der Waals surface area contributed by atoms with Crippen molar-refractivity contribution in [3.8, 4) is 0 Å². The number of hydrogen-bond acceptors (Lipinski definition) is 1. The lowest BCUT2D eigenvalue weighted by Crippen LogP contribution is -1.86. The van der Waals surface area contributed by atoms with E-state index in [1.807, 2.05) is 0 Å². The molecular formula is C3H6O2. The SMILES string of the molecule is [14CH3]CC(=O)O. The maximum Gasteiger partial charge on any atom is 0.303 e. The van der Waals surface area contributed by atoms with E-state index in [0.717, 1.165) is 0 Å². The lowest BCUT2D eigenvalue weighted by molar-refractivity contribution is -0.136. The van der Waals surface area contributed by atoms with Crippen LogP contribution in [0.1, 0.15) is 13.3 Å². The minimum Gasteiger partial charge on any atom is -0.481 e. The molecule has 5 heavy (non-hydrogen) atoms. The minimum atomic E-state index is -0.745. The highest BCUT2D eigenvalue weighted by Crippen LogP contribution is 1.67. The maximum absolute atomic E-state index is 9.37. The topological polar surface area (TPSA) is 37.3 Å². The van der Waals surface area contributed by atoms with Crippen LogP contribution in [-0.2, 0) is 4.79 Å². The van der Waals surface area contributed by atoms with E-state index >= 15 is 0 Å². The Morgan fingerprint density at radius 3 is 2.20 bits per heavy atom. The standard InChI is InChI=1S/C3H6O2/c1-2-3(4)5/h2H2,1H3,(H,4,5)/i1+2. The molecule has 0 aliphatic rings. The van der Waals surface area contributed by atoms with Gasteiger partial charge in [-0.3, -0.25) is 4.79 Å². The highest BCUT2D eigenvalue weighted by Gasteiger charge is 1.80. The largest absolute Gasteiger partial charge is 0.481 e. The van der Waals surface area contributed by atoms with Crippen LogP contribution in [0, 0.1) is 0 Å². The number of carbonyl (C=O) groups is 1. The molecule has 0 rings (SSSR count). The lowest BCUT2D eigenvalue weighted by Gasteiger charge is -1.71.